The summed E-state index contributed by atoms with van der Waals surface area (Å²) in [6.45, 7) is 4.61. The summed E-state index contributed by atoms with van der Waals surface area (Å²) >= 11 is 0. The lowest BCUT2D eigenvalue weighted by Gasteiger charge is -2.32. The Morgan fingerprint density at radius 3 is 2.54 bits per heavy atom. The average molecular weight is 324 g/mol. The highest BCUT2D eigenvalue weighted by Gasteiger charge is 2.19. The van der Waals surface area contributed by atoms with Gasteiger partial charge in [-0.3, -0.25) is 4.90 Å². The van der Waals surface area contributed by atoms with Crippen molar-refractivity contribution in [1.29, 1.82) is 0 Å². The minimum atomic E-state index is 0.339. The maximum absolute atomic E-state index is 5.44. The third-order valence-electron chi connectivity index (χ3n) is 4.87. The maximum atomic E-state index is 5.44. The summed E-state index contributed by atoms with van der Waals surface area (Å²) in [5.74, 6) is 1.72. The molecule has 0 amide bonds. The van der Waals surface area contributed by atoms with E-state index in [0.717, 1.165) is 37.7 Å². The minimum Gasteiger partial charge on any atom is -0.454 e. The molecule has 1 fully saturated rings. The molecule has 1 saturated heterocycles. The zero-order valence-corrected chi connectivity index (χ0v) is 13.9. The van der Waals surface area contributed by atoms with Crippen LogP contribution in [0.25, 0.3) is 0 Å². The van der Waals surface area contributed by atoms with Crippen LogP contribution in [0.2, 0.25) is 0 Å². The lowest BCUT2D eigenvalue weighted by atomic mass is 10.0. The molecule has 1 N–H and O–H groups in total. The summed E-state index contributed by atoms with van der Waals surface area (Å²) < 4.78 is 10.8. The average Bonchev–Trinajstić information content (AvgIpc) is 3.10. The number of hydrogen-bond donors (Lipinski definition) is 1. The fourth-order valence-electron chi connectivity index (χ4n) is 3.45. The molecular formula is C20H24N2O2. The van der Waals surface area contributed by atoms with Crippen molar-refractivity contribution >= 4 is 0 Å². The van der Waals surface area contributed by atoms with Crippen LogP contribution in [0.1, 0.15) is 24.0 Å². The molecule has 0 saturated carbocycles. The Labute approximate surface area is 143 Å². The minimum absolute atomic E-state index is 0.339. The first kappa shape index (κ1) is 15.5. The highest BCUT2D eigenvalue weighted by Crippen LogP contribution is 2.32. The van der Waals surface area contributed by atoms with Gasteiger partial charge in [0.05, 0.1) is 0 Å². The van der Waals surface area contributed by atoms with Crippen LogP contribution < -0.4 is 14.8 Å². The van der Waals surface area contributed by atoms with Gasteiger partial charge < -0.3 is 14.8 Å². The van der Waals surface area contributed by atoms with Crippen molar-refractivity contribution < 1.29 is 9.47 Å². The summed E-state index contributed by atoms with van der Waals surface area (Å²) in [6.07, 6.45) is 2.41. The summed E-state index contributed by atoms with van der Waals surface area (Å²) in [5, 5.41) is 3.69. The SMILES string of the molecule is c1ccc(CN2CCC(NCc3ccc4c(c3)OCO4)CC2)cc1. The predicted molar refractivity (Wildman–Crippen MR) is 94.1 cm³/mol. The number of nitrogens with zero attached hydrogens (tertiary/aromatic N) is 1. The largest absolute Gasteiger partial charge is 0.454 e. The summed E-state index contributed by atoms with van der Waals surface area (Å²) in [5.41, 5.74) is 2.66. The lowest BCUT2D eigenvalue weighted by Crippen LogP contribution is -2.41. The van der Waals surface area contributed by atoms with E-state index in [2.05, 4.69) is 52.7 Å². The van der Waals surface area contributed by atoms with Gasteiger partial charge in [-0.05, 0) is 49.2 Å². The van der Waals surface area contributed by atoms with E-state index >= 15 is 0 Å². The van der Waals surface area contributed by atoms with Crippen molar-refractivity contribution in [3.63, 3.8) is 0 Å². The van der Waals surface area contributed by atoms with E-state index in [4.69, 9.17) is 9.47 Å². The highest BCUT2D eigenvalue weighted by molar-refractivity contribution is 5.44. The Bertz CT molecular complexity index is 667. The molecule has 4 heteroatoms. The van der Waals surface area contributed by atoms with Gasteiger partial charge in [-0.2, -0.15) is 0 Å². The maximum Gasteiger partial charge on any atom is 0.231 e. The van der Waals surface area contributed by atoms with Crippen LogP contribution in [0.5, 0.6) is 11.5 Å². The number of ether oxygens (including phenoxy) is 2. The fourth-order valence-corrected chi connectivity index (χ4v) is 3.45. The molecule has 0 radical (unpaired) electrons. The lowest BCUT2D eigenvalue weighted by molar-refractivity contribution is 0.174. The molecule has 2 aromatic rings. The zero-order chi connectivity index (χ0) is 16.2. The normalized spacial score (nSPS) is 18.0. The van der Waals surface area contributed by atoms with E-state index in [1.807, 2.05) is 6.07 Å². The Morgan fingerprint density at radius 1 is 0.917 bits per heavy atom. The van der Waals surface area contributed by atoms with E-state index in [9.17, 15) is 0 Å². The standard InChI is InChI=1S/C20H24N2O2/c1-2-4-16(5-3-1)14-22-10-8-18(9-11-22)21-13-17-6-7-19-20(12-17)24-15-23-19/h1-7,12,18,21H,8-11,13-15H2. The number of hydrogen-bond acceptors (Lipinski definition) is 4. The van der Waals surface area contributed by atoms with Crippen LogP contribution in [0.3, 0.4) is 0 Å². The van der Waals surface area contributed by atoms with Crippen molar-refractivity contribution in [1.82, 2.24) is 10.2 Å². The van der Waals surface area contributed by atoms with Crippen LogP contribution >= 0.6 is 0 Å². The van der Waals surface area contributed by atoms with Gasteiger partial charge in [0.15, 0.2) is 11.5 Å². The number of benzene rings is 2. The smallest absolute Gasteiger partial charge is 0.231 e. The first-order valence-corrected chi connectivity index (χ1v) is 8.75. The van der Waals surface area contributed by atoms with Crippen LogP contribution in [0, 0.1) is 0 Å². The van der Waals surface area contributed by atoms with E-state index in [0.29, 0.717) is 12.8 Å². The number of rotatable bonds is 5. The fraction of sp³-hybridized carbons (Fsp3) is 0.400. The van der Waals surface area contributed by atoms with Crippen LogP contribution in [-0.2, 0) is 13.1 Å². The van der Waals surface area contributed by atoms with Crippen molar-refractivity contribution in [3.05, 3.63) is 59.7 Å². The first-order chi connectivity index (χ1) is 11.9. The molecule has 0 aromatic heterocycles. The molecular weight excluding hydrogens is 300 g/mol. The first-order valence-electron chi connectivity index (χ1n) is 8.75. The van der Waals surface area contributed by atoms with Gasteiger partial charge in [0.25, 0.3) is 0 Å². The van der Waals surface area contributed by atoms with Crippen molar-refractivity contribution in [3.8, 4) is 11.5 Å². The molecule has 0 unspecified atom stereocenters. The van der Waals surface area contributed by atoms with Crippen LogP contribution in [0.4, 0.5) is 0 Å². The van der Waals surface area contributed by atoms with Gasteiger partial charge in [-0.25, -0.2) is 0 Å². The Morgan fingerprint density at radius 2 is 1.71 bits per heavy atom. The second-order valence-electron chi connectivity index (χ2n) is 6.60. The number of likely N-dealkylation sites (tertiary alicyclic amines) is 1. The Hall–Kier alpha value is -2.04. The molecule has 2 aliphatic rings. The van der Waals surface area contributed by atoms with Gasteiger partial charge in [0, 0.05) is 19.1 Å². The van der Waals surface area contributed by atoms with Crippen LogP contribution in [-0.4, -0.2) is 30.8 Å². The second-order valence-corrected chi connectivity index (χ2v) is 6.60. The molecule has 2 aromatic carbocycles. The zero-order valence-electron chi connectivity index (χ0n) is 13.9. The van der Waals surface area contributed by atoms with Gasteiger partial charge in [0.2, 0.25) is 6.79 Å². The molecule has 0 spiro atoms. The Kier molecular flexibility index (Phi) is 4.67. The third-order valence-corrected chi connectivity index (χ3v) is 4.87. The third kappa shape index (κ3) is 3.71. The quantitative estimate of drug-likeness (QED) is 0.916. The van der Waals surface area contributed by atoms with Crippen LogP contribution in [0.15, 0.2) is 48.5 Å². The topological polar surface area (TPSA) is 33.7 Å². The predicted octanol–water partition coefficient (Wildman–Crippen LogP) is 3.17. The molecule has 4 rings (SSSR count). The van der Waals surface area contributed by atoms with Gasteiger partial charge in [0.1, 0.15) is 0 Å². The van der Waals surface area contributed by atoms with Crippen molar-refractivity contribution in [2.24, 2.45) is 0 Å². The summed E-state index contributed by atoms with van der Waals surface area (Å²) in [6, 6.07) is 17.5. The molecule has 2 aliphatic heterocycles. The molecule has 4 nitrogen and oxygen atoms in total. The van der Waals surface area contributed by atoms with E-state index < -0.39 is 0 Å². The van der Waals surface area contributed by atoms with Crippen molar-refractivity contribution in [2.75, 3.05) is 19.9 Å². The molecule has 24 heavy (non-hydrogen) atoms. The molecule has 0 bridgehead atoms. The molecule has 2 heterocycles. The van der Waals surface area contributed by atoms with Crippen molar-refractivity contribution in [2.45, 2.75) is 32.0 Å². The van der Waals surface area contributed by atoms with Gasteiger partial charge >= 0.3 is 0 Å². The summed E-state index contributed by atoms with van der Waals surface area (Å²) in [4.78, 5) is 2.55. The molecule has 0 atom stereocenters. The molecule has 126 valence electrons. The van der Waals surface area contributed by atoms with E-state index in [1.165, 1.54) is 24.0 Å². The second kappa shape index (κ2) is 7.24. The molecule has 0 aliphatic carbocycles. The number of piperidine rings is 1. The highest BCUT2D eigenvalue weighted by atomic mass is 16.7. The number of nitrogens with one attached hydrogen (secondary N) is 1. The van der Waals surface area contributed by atoms with E-state index in [-0.39, 0.29) is 0 Å². The van der Waals surface area contributed by atoms with Gasteiger partial charge in [-0.15, -0.1) is 0 Å². The van der Waals surface area contributed by atoms with Gasteiger partial charge in [-0.1, -0.05) is 36.4 Å². The van der Waals surface area contributed by atoms with E-state index in [1.54, 1.807) is 0 Å². The number of fused-ring (bicyclic) bond motifs is 1. The Balaban J connectivity index is 1.23. The monoisotopic (exact) mass is 324 g/mol. The summed E-state index contributed by atoms with van der Waals surface area (Å²) in [7, 11) is 0.